The number of aromatic amines is 1. The highest BCUT2D eigenvalue weighted by Crippen LogP contribution is 2.22. The summed E-state index contributed by atoms with van der Waals surface area (Å²) in [6, 6.07) is 7.72. The predicted molar refractivity (Wildman–Crippen MR) is 84.0 cm³/mol. The standard InChI is InChI=1S/C15H11F2N3O3S/c16-11-5-4-9(8-12(11)17)19-15(21)20-24(22,23)14-3-1-2-13-10(14)6-7-18-13/h1-8,18H,(H2,19,20,21). The minimum absolute atomic E-state index is 0.0818. The summed E-state index contributed by atoms with van der Waals surface area (Å²) in [6.45, 7) is 0. The summed E-state index contributed by atoms with van der Waals surface area (Å²) in [5.74, 6) is -2.24. The highest BCUT2D eigenvalue weighted by atomic mass is 32.2. The maximum Gasteiger partial charge on any atom is 0.333 e. The van der Waals surface area contributed by atoms with E-state index in [-0.39, 0.29) is 10.6 Å². The fourth-order valence-corrected chi connectivity index (χ4v) is 3.33. The molecule has 0 aliphatic carbocycles. The first-order valence-electron chi connectivity index (χ1n) is 6.72. The zero-order chi connectivity index (χ0) is 17.3. The normalized spacial score (nSPS) is 11.4. The molecule has 124 valence electrons. The molecule has 0 radical (unpaired) electrons. The maximum absolute atomic E-state index is 13.1. The molecule has 2 aromatic carbocycles. The SMILES string of the molecule is O=C(Nc1ccc(F)c(F)c1)NS(=O)(=O)c1cccc2[nH]ccc12. The van der Waals surface area contributed by atoms with Crippen molar-refractivity contribution in [2.75, 3.05) is 5.32 Å². The number of carbonyl (C=O) groups excluding carboxylic acids is 1. The quantitative estimate of drug-likeness (QED) is 0.677. The number of urea groups is 1. The van der Waals surface area contributed by atoms with Gasteiger partial charge in [-0.25, -0.2) is 26.7 Å². The Balaban J connectivity index is 1.82. The van der Waals surface area contributed by atoms with Gasteiger partial charge in [-0.2, -0.15) is 0 Å². The molecule has 0 atom stereocenters. The fraction of sp³-hybridized carbons (Fsp3) is 0. The summed E-state index contributed by atoms with van der Waals surface area (Å²) in [5, 5.41) is 2.56. The van der Waals surface area contributed by atoms with Gasteiger partial charge in [0.25, 0.3) is 10.0 Å². The Labute approximate surface area is 135 Å². The van der Waals surface area contributed by atoms with Crippen molar-refractivity contribution in [2.45, 2.75) is 4.90 Å². The number of benzene rings is 2. The topological polar surface area (TPSA) is 91.1 Å². The number of halogens is 2. The van der Waals surface area contributed by atoms with Gasteiger partial charge in [-0.1, -0.05) is 6.07 Å². The Kier molecular flexibility index (Phi) is 3.94. The Hall–Kier alpha value is -2.94. The van der Waals surface area contributed by atoms with Crippen molar-refractivity contribution >= 4 is 32.6 Å². The monoisotopic (exact) mass is 351 g/mol. The molecule has 2 amide bonds. The number of H-pyrrole nitrogens is 1. The van der Waals surface area contributed by atoms with Gasteiger partial charge in [-0.15, -0.1) is 0 Å². The Morgan fingerprint density at radius 3 is 2.58 bits per heavy atom. The van der Waals surface area contributed by atoms with Crippen LogP contribution in [0.3, 0.4) is 0 Å². The summed E-state index contributed by atoms with van der Waals surface area (Å²) in [6.07, 6.45) is 1.57. The molecule has 6 nitrogen and oxygen atoms in total. The van der Waals surface area contributed by atoms with Crippen molar-refractivity contribution in [2.24, 2.45) is 0 Å². The first-order valence-corrected chi connectivity index (χ1v) is 8.20. The summed E-state index contributed by atoms with van der Waals surface area (Å²) >= 11 is 0. The third-order valence-electron chi connectivity index (χ3n) is 3.25. The van der Waals surface area contributed by atoms with Crippen molar-refractivity contribution in [1.29, 1.82) is 0 Å². The van der Waals surface area contributed by atoms with Crippen LogP contribution in [0.15, 0.2) is 53.6 Å². The number of aromatic nitrogens is 1. The van der Waals surface area contributed by atoms with E-state index in [2.05, 4.69) is 10.3 Å². The van der Waals surface area contributed by atoms with E-state index in [0.29, 0.717) is 10.9 Å². The fourth-order valence-electron chi connectivity index (χ4n) is 2.20. The highest BCUT2D eigenvalue weighted by molar-refractivity contribution is 7.90. The number of nitrogens with one attached hydrogen (secondary N) is 3. The molecule has 3 N–H and O–H groups in total. The van der Waals surface area contributed by atoms with Crippen LogP contribution in [0.4, 0.5) is 19.3 Å². The minimum Gasteiger partial charge on any atom is -0.361 e. The van der Waals surface area contributed by atoms with Crippen LogP contribution in [0.2, 0.25) is 0 Å². The van der Waals surface area contributed by atoms with Crippen LogP contribution in [-0.4, -0.2) is 19.4 Å². The predicted octanol–water partition coefficient (Wildman–Crippen LogP) is 2.96. The Morgan fingerprint density at radius 2 is 1.83 bits per heavy atom. The Bertz CT molecular complexity index is 1030. The number of sulfonamides is 1. The minimum atomic E-state index is -4.14. The van der Waals surface area contributed by atoms with E-state index in [4.69, 9.17) is 0 Å². The first-order chi connectivity index (χ1) is 11.4. The molecule has 1 aromatic heterocycles. The number of anilines is 1. The second-order valence-corrected chi connectivity index (χ2v) is 6.53. The molecule has 1 heterocycles. The molecular weight excluding hydrogens is 340 g/mol. The number of rotatable bonds is 3. The van der Waals surface area contributed by atoms with Crippen LogP contribution < -0.4 is 10.0 Å². The molecule has 0 saturated heterocycles. The number of fused-ring (bicyclic) bond motifs is 1. The number of hydrogen-bond donors (Lipinski definition) is 3. The smallest absolute Gasteiger partial charge is 0.333 e. The van der Waals surface area contributed by atoms with Crippen molar-refractivity contribution < 1.29 is 22.0 Å². The van der Waals surface area contributed by atoms with Gasteiger partial charge in [0, 0.05) is 28.9 Å². The molecule has 0 unspecified atom stereocenters. The summed E-state index contributed by atoms with van der Waals surface area (Å²) in [7, 11) is -4.14. The van der Waals surface area contributed by atoms with Gasteiger partial charge < -0.3 is 10.3 Å². The summed E-state index contributed by atoms with van der Waals surface area (Å²) in [5.41, 5.74) is 0.514. The third-order valence-corrected chi connectivity index (χ3v) is 4.64. The van der Waals surface area contributed by atoms with E-state index in [0.717, 1.165) is 18.2 Å². The van der Waals surface area contributed by atoms with Crippen molar-refractivity contribution in [1.82, 2.24) is 9.71 Å². The first kappa shape index (κ1) is 15.9. The largest absolute Gasteiger partial charge is 0.361 e. The number of carbonyl (C=O) groups is 1. The molecule has 3 aromatic rings. The second-order valence-electron chi connectivity index (χ2n) is 4.88. The van der Waals surface area contributed by atoms with Gasteiger partial charge in [0.05, 0.1) is 4.90 Å². The van der Waals surface area contributed by atoms with E-state index in [9.17, 15) is 22.0 Å². The molecular formula is C15H11F2N3O3S. The van der Waals surface area contributed by atoms with Crippen LogP contribution in [-0.2, 0) is 10.0 Å². The van der Waals surface area contributed by atoms with Gasteiger partial charge in [0.15, 0.2) is 11.6 Å². The zero-order valence-corrected chi connectivity index (χ0v) is 12.8. The van der Waals surface area contributed by atoms with Crippen molar-refractivity contribution in [3.8, 4) is 0 Å². The molecule has 0 spiro atoms. The zero-order valence-electron chi connectivity index (χ0n) is 12.0. The van der Waals surface area contributed by atoms with E-state index in [1.165, 1.54) is 12.1 Å². The van der Waals surface area contributed by atoms with Crippen LogP contribution in [0.1, 0.15) is 0 Å². The molecule has 0 aliphatic heterocycles. The third kappa shape index (κ3) is 3.06. The van der Waals surface area contributed by atoms with Gasteiger partial charge >= 0.3 is 6.03 Å². The number of amides is 2. The van der Waals surface area contributed by atoms with Gasteiger partial charge in [0.1, 0.15) is 0 Å². The molecule has 3 rings (SSSR count). The van der Waals surface area contributed by atoms with Gasteiger partial charge in [0.2, 0.25) is 0 Å². The van der Waals surface area contributed by atoms with E-state index < -0.39 is 27.7 Å². The molecule has 9 heteroatoms. The molecule has 0 bridgehead atoms. The van der Waals surface area contributed by atoms with Crippen LogP contribution >= 0.6 is 0 Å². The van der Waals surface area contributed by atoms with E-state index in [1.807, 2.05) is 4.72 Å². The molecule has 24 heavy (non-hydrogen) atoms. The highest BCUT2D eigenvalue weighted by Gasteiger charge is 2.20. The summed E-state index contributed by atoms with van der Waals surface area (Å²) in [4.78, 5) is 14.6. The summed E-state index contributed by atoms with van der Waals surface area (Å²) < 4.78 is 52.5. The lowest BCUT2D eigenvalue weighted by molar-refractivity contribution is 0.256. The lowest BCUT2D eigenvalue weighted by Crippen LogP contribution is -2.34. The maximum atomic E-state index is 13.1. The van der Waals surface area contributed by atoms with Gasteiger partial charge in [-0.05, 0) is 30.3 Å². The van der Waals surface area contributed by atoms with Gasteiger partial charge in [-0.3, -0.25) is 0 Å². The van der Waals surface area contributed by atoms with Crippen molar-refractivity contribution in [3.05, 3.63) is 60.3 Å². The van der Waals surface area contributed by atoms with Crippen LogP contribution in [0.25, 0.3) is 10.9 Å². The van der Waals surface area contributed by atoms with Crippen molar-refractivity contribution in [3.63, 3.8) is 0 Å². The average molecular weight is 351 g/mol. The lowest BCUT2D eigenvalue weighted by atomic mass is 10.2. The van der Waals surface area contributed by atoms with E-state index >= 15 is 0 Å². The second kappa shape index (κ2) is 5.93. The average Bonchev–Trinajstić information content (AvgIpc) is 2.98. The molecule has 0 saturated carbocycles. The number of hydrogen-bond acceptors (Lipinski definition) is 3. The van der Waals surface area contributed by atoms with Crippen LogP contribution in [0, 0.1) is 11.6 Å². The molecule has 0 aliphatic rings. The Morgan fingerprint density at radius 1 is 1.04 bits per heavy atom. The lowest BCUT2D eigenvalue weighted by Gasteiger charge is -2.09. The van der Waals surface area contributed by atoms with Crippen LogP contribution in [0.5, 0.6) is 0 Å². The van der Waals surface area contributed by atoms with E-state index in [1.54, 1.807) is 18.3 Å². The molecule has 0 fully saturated rings.